The van der Waals surface area contributed by atoms with Crippen LogP contribution in [0.4, 0.5) is 14.9 Å². The van der Waals surface area contributed by atoms with E-state index in [-0.39, 0.29) is 11.7 Å². The Bertz CT molecular complexity index is 597. The molecular weight excluding hydrogens is 458 g/mol. The molecule has 0 aliphatic heterocycles. The van der Waals surface area contributed by atoms with Gasteiger partial charge in [0.1, 0.15) is 17.5 Å². The molecule has 0 aliphatic carbocycles. The van der Waals surface area contributed by atoms with E-state index in [2.05, 4.69) is 44.4 Å². The first-order valence-corrected chi connectivity index (χ1v) is 13.0. The van der Waals surface area contributed by atoms with E-state index >= 15 is 0 Å². The molecule has 1 rings (SSSR count). The van der Waals surface area contributed by atoms with Crippen molar-refractivity contribution in [3.63, 3.8) is 0 Å². The molecule has 0 bridgehead atoms. The van der Waals surface area contributed by atoms with E-state index in [4.69, 9.17) is 4.74 Å². The van der Waals surface area contributed by atoms with Gasteiger partial charge in [0, 0.05) is 5.69 Å². The van der Waals surface area contributed by atoms with Crippen molar-refractivity contribution < 1.29 is 18.7 Å². The number of hydrogen-bond acceptors (Lipinski definition) is 3. The molecule has 0 saturated carbocycles. The summed E-state index contributed by atoms with van der Waals surface area (Å²) in [5, 5.41) is 5.34. The fourth-order valence-corrected chi connectivity index (χ4v) is 3.44. The number of carbonyl (C=O) groups excluding carboxylic acids is 2. The Hall–Kier alpha value is -1.03. The van der Waals surface area contributed by atoms with Crippen LogP contribution in [0.1, 0.15) is 27.2 Å². The lowest BCUT2D eigenvalue weighted by atomic mass is 10.2. The number of ether oxygens (including phenoxy) is 1. The number of rotatable bonds is 6. The van der Waals surface area contributed by atoms with Crippen LogP contribution >= 0.6 is 28.4 Å². The van der Waals surface area contributed by atoms with Gasteiger partial charge in [0.2, 0.25) is 5.91 Å². The lowest BCUT2D eigenvalue weighted by Gasteiger charge is -2.27. The van der Waals surface area contributed by atoms with Crippen LogP contribution in [-0.2, 0) is 9.53 Å². The molecule has 0 radical (unpaired) electrons. The largest absolute Gasteiger partial charge is 0.444 e. The van der Waals surface area contributed by atoms with Gasteiger partial charge >= 0.3 is 6.09 Å². The molecule has 0 heterocycles. The van der Waals surface area contributed by atoms with Crippen molar-refractivity contribution in [2.24, 2.45) is 0 Å². The molecule has 0 spiro atoms. The smallest absolute Gasteiger partial charge is 0.408 e. The van der Waals surface area contributed by atoms with E-state index in [1.807, 2.05) is 0 Å². The van der Waals surface area contributed by atoms with Crippen molar-refractivity contribution in [3.05, 3.63) is 30.1 Å². The predicted octanol–water partition coefficient (Wildman–Crippen LogP) is 4.46. The molecule has 1 aromatic carbocycles. The average molecular weight is 484 g/mol. The van der Waals surface area contributed by atoms with Gasteiger partial charge in [-0.05, 0) is 90.9 Å². The quantitative estimate of drug-likeness (QED) is 0.586. The van der Waals surface area contributed by atoms with Gasteiger partial charge in [0.25, 0.3) is 0 Å². The van der Waals surface area contributed by atoms with Gasteiger partial charge in [-0.25, -0.2) is 9.18 Å². The topological polar surface area (TPSA) is 67.4 Å². The minimum atomic E-state index is -0.854. The molecule has 8 heteroatoms. The molecule has 0 fully saturated rings. The highest BCUT2D eigenvalue weighted by atomic mass is 127. The van der Waals surface area contributed by atoms with E-state index in [0.717, 1.165) is 5.75 Å². The Kier molecular flexibility index (Phi) is 7.98. The van der Waals surface area contributed by atoms with E-state index in [0.29, 0.717) is 12.1 Å². The maximum absolute atomic E-state index is 13.0. The number of benzene rings is 1. The molecule has 1 atom stereocenters. The predicted molar refractivity (Wildman–Crippen MR) is 111 cm³/mol. The van der Waals surface area contributed by atoms with Crippen molar-refractivity contribution in [2.45, 2.75) is 38.8 Å². The van der Waals surface area contributed by atoms with Crippen molar-refractivity contribution in [2.75, 3.05) is 23.6 Å². The molecule has 0 aliphatic rings. The number of nitrogens with one attached hydrogen (secondary N) is 2. The van der Waals surface area contributed by atoms with Crippen LogP contribution in [0, 0.1) is 5.82 Å². The molecule has 0 unspecified atom stereocenters. The van der Waals surface area contributed by atoms with Gasteiger partial charge in [-0.15, -0.1) is 0 Å². The third-order valence-electron chi connectivity index (χ3n) is 3.01. The molecule has 25 heavy (non-hydrogen) atoms. The average Bonchev–Trinajstić information content (AvgIpc) is 2.43. The van der Waals surface area contributed by atoms with E-state index in [1.54, 1.807) is 20.8 Å². The summed E-state index contributed by atoms with van der Waals surface area (Å²) in [4.78, 5) is 24.6. The van der Waals surface area contributed by atoms with Crippen LogP contribution in [0.25, 0.3) is 0 Å². The van der Waals surface area contributed by atoms with Gasteiger partial charge in [0.15, 0.2) is 0 Å². The maximum atomic E-state index is 13.0. The third kappa shape index (κ3) is 9.88. The molecule has 142 valence electrons. The van der Waals surface area contributed by atoms with Crippen LogP contribution in [0.2, 0.25) is 0 Å². The summed E-state index contributed by atoms with van der Waals surface area (Å²) >= 11 is 2.38. The second kappa shape index (κ2) is 9.07. The molecule has 1 aromatic rings. The van der Waals surface area contributed by atoms with Crippen molar-refractivity contribution in [1.82, 2.24) is 5.32 Å². The van der Waals surface area contributed by atoms with Gasteiger partial charge in [0.05, 0.1) is 0 Å². The van der Waals surface area contributed by atoms with Crippen LogP contribution < -0.4 is 10.6 Å². The lowest BCUT2D eigenvalue weighted by Crippen LogP contribution is -2.46. The number of anilines is 1. The van der Waals surface area contributed by atoms with Crippen molar-refractivity contribution in [3.8, 4) is 0 Å². The fourth-order valence-electron chi connectivity index (χ4n) is 1.88. The van der Waals surface area contributed by atoms with Gasteiger partial charge in [-0.2, -0.15) is 7.20 Å². The SMILES string of the molecule is CC(C)(C)OC(=O)N[C@@H](CCS(C)(C)I)C(=O)Nc1ccc(F)cc1. The van der Waals surface area contributed by atoms with Crippen LogP contribution in [0.3, 0.4) is 0 Å². The third-order valence-corrected chi connectivity index (χ3v) is 5.54. The summed E-state index contributed by atoms with van der Waals surface area (Å²) in [7, 11) is -0.854. The minimum absolute atomic E-state index is 0.350. The second-order valence-corrected chi connectivity index (χ2v) is 17.5. The summed E-state index contributed by atoms with van der Waals surface area (Å²) in [5.41, 5.74) is -0.168. The fraction of sp³-hybridized carbons (Fsp3) is 0.529. The van der Waals surface area contributed by atoms with Gasteiger partial charge in [-0.3, -0.25) is 4.79 Å². The second-order valence-electron chi connectivity index (χ2n) is 7.09. The first kappa shape index (κ1) is 22.0. The van der Waals surface area contributed by atoms with Crippen LogP contribution in [-0.4, -0.2) is 41.9 Å². The Morgan fingerprint density at radius 1 is 1.24 bits per heavy atom. The van der Waals surface area contributed by atoms with Crippen molar-refractivity contribution >= 4 is 46.1 Å². The first-order chi connectivity index (χ1) is 11.4. The first-order valence-electron chi connectivity index (χ1n) is 7.82. The number of amides is 2. The highest BCUT2D eigenvalue weighted by Gasteiger charge is 2.25. The number of halogens is 2. The van der Waals surface area contributed by atoms with Gasteiger partial charge in [-0.1, -0.05) is 0 Å². The summed E-state index contributed by atoms with van der Waals surface area (Å²) in [6.45, 7) is 5.29. The Labute approximate surface area is 162 Å². The summed E-state index contributed by atoms with van der Waals surface area (Å²) in [6, 6.07) is 4.77. The summed E-state index contributed by atoms with van der Waals surface area (Å²) in [6.07, 6.45) is 4.14. The standard InChI is InChI=1S/C17H26FIN2O3S/c1-17(2,3)24-16(23)21-14(10-11-25(4,5)19)15(22)20-13-8-6-12(18)7-9-13/h6-9,14H,10-11H2,1-5H3,(H,20,22)(H,21,23)/t14-/m0/s1. The zero-order valence-corrected chi connectivity index (χ0v) is 18.2. The van der Waals surface area contributed by atoms with E-state index in [1.165, 1.54) is 24.3 Å². The number of carbonyl (C=O) groups is 2. The van der Waals surface area contributed by atoms with E-state index in [9.17, 15) is 14.0 Å². The Morgan fingerprint density at radius 3 is 2.28 bits per heavy atom. The molecule has 2 amide bonds. The Morgan fingerprint density at radius 2 is 1.80 bits per heavy atom. The lowest BCUT2D eigenvalue weighted by molar-refractivity contribution is -0.118. The van der Waals surface area contributed by atoms with Crippen LogP contribution in [0.5, 0.6) is 0 Å². The van der Waals surface area contributed by atoms with Crippen LogP contribution in [0.15, 0.2) is 24.3 Å². The Balaban J connectivity index is 2.79. The van der Waals surface area contributed by atoms with Crippen molar-refractivity contribution in [1.29, 1.82) is 0 Å². The molecular formula is C17H26FIN2O3S. The number of alkyl carbamates (subject to hydrolysis) is 1. The summed E-state index contributed by atoms with van der Waals surface area (Å²) < 4.78 is 18.2. The normalized spacial score (nSPS) is 13.7. The highest BCUT2D eigenvalue weighted by Crippen LogP contribution is 2.49. The molecule has 2 N–H and O–H groups in total. The van der Waals surface area contributed by atoms with Gasteiger partial charge < -0.3 is 15.4 Å². The highest BCUT2D eigenvalue weighted by molar-refractivity contribution is 14.2. The molecule has 0 aromatic heterocycles. The van der Waals surface area contributed by atoms with E-state index < -0.39 is 24.9 Å². The number of hydrogen-bond donors (Lipinski definition) is 2. The zero-order chi connectivity index (χ0) is 19.3. The summed E-state index contributed by atoms with van der Waals surface area (Å²) in [5.74, 6) is 0.0828. The minimum Gasteiger partial charge on any atom is -0.444 e. The molecule has 5 nitrogen and oxygen atoms in total. The maximum Gasteiger partial charge on any atom is 0.408 e. The molecule has 0 saturated heterocycles. The monoisotopic (exact) mass is 484 g/mol. The zero-order valence-electron chi connectivity index (χ0n) is 15.2.